The molecule has 3 rings (SSSR count). The molecule has 0 saturated carbocycles. The third-order valence-corrected chi connectivity index (χ3v) is 8.29. The molecule has 1 atom stereocenters. The summed E-state index contributed by atoms with van der Waals surface area (Å²) in [7, 11) is 0. The van der Waals surface area contributed by atoms with E-state index in [0.717, 1.165) is 58.2 Å². The average molecular weight is 599 g/mol. The summed E-state index contributed by atoms with van der Waals surface area (Å²) in [5.74, 6) is 0.367. The van der Waals surface area contributed by atoms with Gasteiger partial charge in [0, 0.05) is 45.3 Å². The zero-order valence-electron chi connectivity index (χ0n) is 27.0. The smallest absolute Gasteiger partial charge is 0.123 e. The van der Waals surface area contributed by atoms with Gasteiger partial charge in [0.2, 0.25) is 0 Å². The number of unbranched alkanes of at least 4 members (excludes halogenated alkanes) is 1. The molecule has 0 amide bonds. The molecule has 3 aromatic rings. The molecule has 0 bridgehead atoms. The molecule has 5 heteroatoms. The van der Waals surface area contributed by atoms with Gasteiger partial charge in [0.1, 0.15) is 11.2 Å². The number of phenols is 1. The Kier molecular flexibility index (Phi) is 12.2. The summed E-state index contributed by atoms with van der Waals surface area (Å²) in [4.78, 5) is 3.28. The van der Waals surface area contributed by atoms with E-state index in [9.17, 15) is 10.2 Å². The minimum absolute atomic E-state index is 0.200. The van der Waals surface area contributed by atoms with Crippen molar-refractivity contribution in [3.63, 3.8) is 0 Å². The lowest BCUT2D eigenvalue weighted by Crippen LogP contribution is -2.23. The summed E-state index contributed by atoms with van der Waals surface area (Å²) in [6, 6.07) is 22.7. The number of allylic oxidation sites excluding steroid dienone is 4. The molecule has 3 aromatic carbocycles. The van der Waals surface area contributed by atoms with E-state index in [1.807, 2.05) is 55.5 Å². The third kappa shape index (κ3) is 10.1. The Morgan fingerprint density at radius 2 is 1.49 bits per heavy atom. The number of benzene rings is 3. The Labute approximate surface area is 264 Å². The van der Waals surface area contributed by atoms with Crippen LogP contribution in [-0.4, -0.2) is 22.2 Å². The molecule has 0 aliphatic rings. The number of hydrogen-bond acceptors (Lipinski definition) is 5. The van der Waals surface area contributed by atoms with Crippen LogP contribution in [0.2, 0.25) is 0 Å². The van der Waals surface area contributed by atoms with Gasteiger partial charge in [-0.3, -0.25) is 0 Å². The molecule has 0 spiro atoms. The highest BCUT2D eigenvalue weighted by molar-refractivity contribution is 7.99. The Hall–Kier alpha value is -3.41. The van der Waals surface area contributed by atoms with Crippen molar-refractivity contribution in [3.05, 3.63) is 114 Å². The van der Waals surface area contributed by atoms with Gasteiger partial charge in [-0.15, -0.1) is 0 Å². The number of aromatic hydroxyl groups is 1. The van der Waals surface area contributed by atoms with Crippen molar-refractivity contribution in [2.45, 2.75) is 88.9 Å². The van der Waals surface area contributed by atoms with Gasteiger partial charge < -0.3 is 20.4 Å². The van der Waals surface area contributed by atoms with Gasteiger partial charge in [0.05, 0.1) is 0 Å². The lowest BCUT2D eigenvalue weighted by atomic mass is 9.79. The predicted molar refractivity (Wildman–Crippen MR) is 188 cm³/mol. The van der Waals surface area contributed by atoms with E-state index in [2.05, 4.69) is 101 Å². The Balaban J connectivity index is 1.68. The fourth-order valence-corrected chi connectivity index (χ4v) is 5.88. The maximum Gasteiger partial charge on any atom is 0.123 e. The van der Waals surface area contributed by atoms with Crippen LogP contribution in [0.4, 0.5) is 17.1 Å². The first-order valence-corrected chi connectivity index (χ1v) is 16.1. The summed E-state index contributed by atoms with van der Waals surface area (Å²) in [6.45, 7) is 19.6. The second-order valence-corrected chi connectivity index (χ2v) is 14.2. The molecule has 3 N–H and O–H groups in total. The second-order valence-electron chi connectivity index (χ2n) is 12.9. The summed E-state index contributed by atoms with van der Waals surface area (Å²) >= 11 is 1.48. The van der Waals surface area contributed by atoms with Crippen LogP contribution < -0.4 is 10.2 Å². The lowest BCUT2D eigenvalue weighted by molar-refractivity contribution is 0.248. The number of phenolic OH excluding ortho intramolecular Hbond substituents is 1. The number of rotatable bonds is 13. The third-order valence-electron chi connectivity index (χ3n) is 7.28. The molecule has 0 aromatic heterocycles. The van der Waals surface area contributed by atoms with Crippen LogP contribution in [0.25, 0.3) is 0 Å². The lowest BCUT2D eigenvalue weighted by Gasteiger charge is -2.28. The average Bonchev–Trinajstić information content (AvgIpc) is 2.95. The van der Waals surface area contributed by atoms with E-state index in [4.69, 9.17) is 0 Å². The molecule has 0 aliphatic heterocycles. The van der Waals surface area contributed by atoms with Crippen LogP contribution >= 0.6 is 11.8 Å². The molecular formula is C38H50N2O2S. The normalized spacial score (nSPS) is 13.3. The maximum atomic E-state index is 11.0. The first kappa shape index (κ1) is 34.1. The van der Waals surface area contributed by atoms with Crippen molar-refractivity contribution in [2.75, 3.05) is 16.8 Å². The van der Waals surface area contributed by atoms with Crippen molar-refractivity contribution in [3.8, 4) is 5.75 Å². The minimum Gasteiger partial charge on any atom is -0.507 e. The van der Waals surface area contributed by atoms with Gasteiger partial charge in [-0.1, -0.05) is 90.2 Å². The van der Waals surface area contributed by atoms with Gasteiger partial charge in [0.15, 0.2) is 0 Å². The highest BCUT2D eigenvalue weighted by Gasteiger charge is 2.27. The monoisotopic (exact) mass is 598 g/mol. The fourth-order valence-electron chi connectivity index (χ4n) is 4.91. The van der Waals surface area contributed by atoms with Gasteiger partial charge >= 0.3 is 0 Å². The highest BCUT2D eigenvalue weighted by atomic mass is 32.2. The van der Waals surface area contributed by atoms with E-state index < -0.39 is 5.44 Å². The predicted octanol–water partition coefficient (Wildman–Crippen LogP) is 10.5. The summed E-state index contributed by atoms with van der Waals surface area (Å²) in [5, 5.41) is 25.5. The van der Waals surface area contributed by atoms with Crippen molar-refractivity contribution >= 4 is 28.8 Å². The molecule has 4 nitrogen and oxygen atoms in total. The summed E-state index contributed by atoms with van der Waals surface area (Å²) in [5.41, 5.74) is 5.12. The molecule has 0 unspecified atom stereocenters. The zero-order valence-corrected chi connectivity index (χ0v) is 27.8. The SMILES string of the molecule is C=C/C(=C\C=C/C)N(CCCC[C@@H](O)Sc1cc(C(C)(C)C)c(O)c(C(C)(C)C)c1)c1ccc(Nc2ccccc2)cc1. The second kappa shape index (κ2) is 15.4. The minimum atomic E-state index is -0.528. The number of nitrogens with zero attached hydrogens (tertiary/aromatic N) is 1. The number of aliphatic hydroxyl groups excluding tert-OH is 1. The van der Waals surface area contributed by atoms with Crippen molar-refractivity contribution in [1.82, 2.24) is 0 Å². The van der Waals surface area contributed by atoms with E-state index >= 15 is 0 Å². The van der Waals surface area contributed by atoms with Crippen molar-refractivity contribution < 1.29 is 10.2 Å². The van der Waals surface area contributed by atoms with Crippen LogP contribution in [0.3, 0.4) is 0 Å². The number of para-hydroxylation sites is 1. The quantitative estimate of drug-likeness (QED) is 0.0791. The summed E-state index contributed by atoms with van der Waals surface area (Å²) in [6.07, 6.45) is 10.5. The fraction of sp³-hybridized carbons (Fsp3) is 0.368. The van der Waals surface area contributed by atoms with Gasteiger partial charge in [0.25, 0.3) is 0 Å². The number of anilines is 3. The van der Waals surface area contributed by atoms with E-state index in [1.165, 1.54) is 11.8 Å². The van der Waals surface area contributed by atoms with Crippen molar-refractivity contribution in [2.24, 2.45) is 0 Å². The number of nitrogens with one attached hydrogen (secondary N) is 1. The topological polar surface area (TPSA) is 55.7 Å². The number of hydrogen-bond donors (Lipinski definition) is 3. The molecule has 0 radical (unpaired) electrons. The van der Waals surface area contributed by atoms with E-state index in [0.29, 0.717) is 12.2 Å². The molecule has 0 aliphatic carbocycles. The van der Waals surface area contributed by atoms with Crippen LogP contribution in [0.15, 0.2) is 108 Å². The molecule has 0 saturated heterocycles. The van der Waals surface area contributed by atoms with Crippen LogP contribution in [0.1, 0.15) is 78.9 Å². The number of aliphatic hydroxyl groups is 1. The van der Waals surface area contributed by atoms with Gasteiger partial charge in [-0.2, -0.15) is 0 Å². The zero-order chi connectivity index (χ0) is 31.6. The molecule has 0 heterocycles. The highest BCUT2D eigenvalue weighted by Crippen LogP contribution is 2.42. The maximum absolute atomic E-state index is 11.0. The van der Waals surface area contributed by atoms with E-state index in [1.54, 1.807) is 0 Å². The number of thioether (sulfide) groups is 1. The molecule has 43 heavy (non-hydrogen) atoms. The largest absolute Gasteiger partial charge is 0.507 e. The van der Waals surface area contributed by atoms with Crippen molar-refractivity contribution in [1.29, 1.82) is 0 Å². The first-order valence-electron chi connectivity index (χ1n) is 15.2. The van der Waals surface area contributed by atoms with E-state index in [-0.39, 0.29) is 10.8 Å². The van der Waals surface area contributed by atoms with Gasteiger partial charge in [-0.25, -0.2) is 0 Å². The Morgan fingerprint density at radius 3 is 2.02 bits per heavy atom. The molecule has 0 fully saturated rings. The first-order chi connectivity index (χ1) is 20.3. The molecular weight excluding hydrogens is 548 g/mol. The van der Waals surface area contributed by atoms with Crippen LogP contribution in [0.5, 0.6) is 5.75 Å². The standard InChI is InChI=1S/C38H50N2O2S/c1-9-11-19-30(10-2)40(31-23-21-29(22-24-31)39-28-17-13-12-14-18-28)25-16-15-20-35(41)43-32-26-33(37(3,4)5)36(42)34(27-32)38(6,7)8/h9-14,17-19,21-24,26-27,35,39,41-42H,2,15-16,20,25H2,1,3-8H3/b11-9-,30-19+/t35-/m0/s1. The Morgan fingerprint density at radius 1 is 0.907 bits per heavy atom. The van der Waals surface area contributed by atoms with Gasteiger partial charge in [-0.05, 0) is 97.7 Å². The summed E-state index contributed by atoms with van der Waals surface area (Å²) < 4.78 is 0. The molecule has 230 valence electrons. The van der Waals surface area contributed by atoms with Crippen LogP contribution in [-0.2, 0) is 10.8 Å². The van der Waals surface area contributed by atoms with Crippen LogP contribution in [0, 0.1) is 0 Å². The Bertz CT molecular complexity index is 1350.